The first kappa shape index (κ1) is 12.4. The standard InChI is InChI=1S/C12H16BrNOS/c1-10-11-6-2-3-7-12(11)16-14(10)15-9-5-4-8-13/h2-3,6-7,10H,4-5,8-9H2,1H3. The highest BCUT2D eigenvalue weighted by atomic mass is 79.9. The quantitative estimate of drug-likeness (QED) is 0.460. The van der Waals surface area contributed by atoms with Crippen LogP contribution in [0.15, 0.2) is 29.2 Å². The number of hydrogen-bond acceptors (Lipinski definition) is 3. The van der Waals surface area contributed by atoms with Crippen LogP contribution in [0.4, 0.5) is 0 Å². The minimum atomic E-state index is 0.352. The van der Waals surface area contributed by atoms with Crippen molar-refractivity contribution in [1.82, 2.24) is 4.47 Å². The van der Waals surface area contributed by atoms with Gasteiger partial charge in [0.1, 0.15) is 0 Å². The van der Waals surface area contributed by atoms with Gasteiger partial charge in [0, 0.05) is 10.2 Å². The number of nitrogens with zero attached hydrogens (tertiary/aromatic N) is 1. The molecule has 1 aliphatic heterocycles. The first-order valence-electron chi connectivity index (χ1n) is 5.58. The Morgan fingerprint density at radius 1 is 1.38 bits per heavy atom. The molecule has 0 saturated carbocycles. The fourth-order valence-electron chi connectivity index (χ4n) is 1.69. The number of unbranched alkanes of at least 4 members (excludes halogenated alkanes) is 1. The summed E-state index contributed by atoms with van der Waals surface area (Å²) in [6.45, 7) is 2.99. The predicted molar refractivity (Wildman–Crippen MR) is 71.5 cm³/mol. The molecule has 1 aromatic carbocycles. The van der Waals surface area contributed by atoms with Crippen LogP contribution in [0.1, 0.15) is 31.4 Å². The zero-order valence-corrected chi connectivity index (χ0v) is 11.8. The Morgan fingerprint density at radius 2 is 2.19 bits per heavy atom. The van der Waals surface area contributed by atoms with Gasteiger partial charge in [0.05, 0.1) is 12.6 Å². The molecule has 1 aromatic rings. The van der Waals surface area contributed by atoms with Crippen molar-refractivity contribution in [1.29, 1.82) is 0 Å². The van der Waals surface area contributed by atoms with Gasteiger partial charge in [-0.05, 0) is 43.3 Å². The van der Waals surface area contributed by atoms with Crippen molar-refractivity contribution in [3.8, 4) is 0 Å². The molecule has 1 aliphatic rings. The van der Waals surface area contributed by atoms with Crippen molar-refractivity contribution in [2.75, 3.05) is 11.9 Å². The van der Waals surface area contributed by atoms with E-state index < -0.39 is 0 Å². The number of fused-ring (bicyclic) bond motifs is 1. The van der Waals surface area contributed by atoms with E-state index in [0.717, 1.165) is 18.4 Å². The van der Waals surface area contributed by atoms with Gasteiger partial charge in [-0.3, -0.25) is 4.84 Å². The van der Waals surface area contributed by atoms with Crippen molar-refractivity contribution in [3.05, 3.63) is 29.8 Å². The summed E-state index contributed by atoms with van der Waals surface area (Å²) < 4.78 is 2.01. The summed E-state index contributed by atoms with van der Waals surface area (Å²) in [6, 6.07) is 8.84. The van der Waals surface area contributed by atoms with Crippen molar-refractivity contribution >= 4 is 27.9 Å². The van der Waals surface area contributed by atoms with Crippen LogP contribution in [-0.2, 0) is 4.84 Å². The molecule has 0 bridgehead atoms. The zero-order chi connectivity index (χ0) is 11.4. The van der Waals surface area contributed by atoms with Crippen LogP contribution in [-0.4, -0.2) is 16.4 Å². The van der Waals surface area contributed by atoms with Crippen LogP contribution in [0.3, 0.4) is 0 Å². The molecule has 0 fully saturated rings. The monoisotopic (exact) mass is 301 g/mol. The van der Waals surface area contributed by atoms with Crippen molar-refractivity contribution in [2.45, 2.75) is 30.7 Å². The second-order valence-corrected chi connectivity index (χ2v) is 5.60. The number of alkyl halides is 1. The predicted octanol–water partition coefficient (Wildman–Crippen LogP) is 4.18. The maximum atomic E-state index is 5.78. The third kappa shape index (κ3) is 2.80. The van der Waals surface area contributed by atoms with E-state index in [1.165, 1.54) is 16.9 Å². The first-order chi connectivity index (χ1) is 7.83. The van der Waals surface area contributed by atoms with Crippen LogP contribution < -0.4 is 0 Å². The molecule has 88 valence electrons. The third-order valence-electron chi connectivity index (χ3n) is 2.62. The molecular formula is C12H16BrNOS. The molecule has 0 N–H and O–H groups in total. The number of benzene rings is 1. The van der Waals surface area contributed by atoms with E-state index in [0.29, 0.717) is 6.04 Å². The maximum absolute atomic E-state index is 5.78. The lowest BCUT2D eigenvalue weighted by Crippen LogP contribution is -2.16. The Hall–Kier alpha value is -0.0300. The average molecular weight is 302 g/mol. The van der Waals surface area contributed by atoms with E-state index in [2.05, 4.69) is 47.1 Å². The SMILES string of the molecule is CC1c2ccccc2SN1OCCCCBr. The van der Waals surface area contributed by atoms with Crippen LogP contribution in [0.2, 0.25) is 0 Å². The summed E-state index contributed by atoms with van der Waals surface area (Å²) in [5.74, 6) is 0. The Balaban J connectivity index is 1.87. The molecule has 0 aromatic heterocycles. The highest BCUT2D eigenvalue weighted by molar-refractivity contribution is 9.09. The summed E-state index contributed by atoms with van der Waals surface area (Å²) in [5.41, 5.74) is 1.37. The second-order valence-electron chi connectivity index (χ2n) is 3.82. The Labute approximate surface area is 110 Å². The molecule has 0 saturated heterocycles. The highest BCUT2D eigenvalue weighted by Crippen LogP contribution is 2.43. The van der Waals surface area contributed by atoms with Gasteiger partial charge in [0.2, 0.25) is 0 Å². The largest absolute Gasteiger partial charge is 0.287 e. The molecule has 1 unspecified atom stereocenters. The summed E-state index contributed by atoms with van der Waals surface area (Å²) >= 11 is 5.13. The average Bonchev–Trinajstić information content (AvgIpc) is 2.63. The van der Waals surface area contributed by atoms with E-state index >= 15 is 0 Å². The summed E-state index contributed by atoms with van der Waals surface area (Å²) in [4.78, 5) is 7.09. The topological polar surface area (TPSA) is 12.5 Å². The lowest BCUT2D eigenvalue weighted by molar-refractivity contribution is -0.0977. The minimum Gasteiger partial charge on any atom is -0.287 e. The van der Waals surface area contributed by atoms with E-state index in [1.807, 2.05) is 4.47 Å². The molecule has 2 rings (SSSR count). The van der Waals surface area contributed by atoms with E-state index in [1.54, 1.807) is 11.9 Å². The van der Waals surface area contributed by atoms with Gasteiger partial charge in [0.25, 0.3) is 0 Å². The van der Waals surface area contributed by atoms with Crippen LogP contribution in [0.5, 0.6) is 0 Å². The normalized spacial score (nSPS) is 20.0. The third-order valence-corrected chi connectivity index (χ3v) is 4.35. The molecule has 16 heavy (non-hydrogen) atoms. The maximum Gasteiger partial charge on any atom is 0.0704 e. The Kier molecular flexibility index (Phi) is 4.70. The van der Waals surface area contributed by atoms with Gasteiger partial charge < -0.3 is 0 Å². The van der Waals surface area contributed by atoms with Crippen LogP contribution in [0.25, 0.3) is 0 Å². The molecule has 1 atom stereocenters. The molecule has 0 aliphatic carbocycles. The molecule has 0 spiro atoms. The molecule has 1 heterocycles. The van der Waals surface area contributed by atoms with Gasteiger partial charge in [-0.15, -0.1) is 4.47 Å². The van der Waals surface area contributed by atoms with Crippen molar-refractivity contribution in [3.63, 3.8) is 0 Å². The summed E-state index contributed by atoms with van der Waals surface area (Å²) in [7, 11) is 0. The van der Waals surface area contributed by atoms with E-state index in [4.69, 9.17) is 4.84 Å². The summed E-state index contributed by atoms with van der Waals surface area (Å²) in [5, 5.41) is 1.05. The zero-order valence-electron chi connectivity index (χ0n) is 9.36. The first-order valence-corrected chi connectivity index (χ1v) is 7.47. The van der Waals surface area contributed by atoms with Gasteiger partial charge in [-0.2, -0.15) is 0 Å². The molecule has 0 radical (unpaired) electrons. The minimum absolute atomic E-state index is 0.352. The second kappa shape index (κ2) is 6.05. The number of halogens is 1. The fraction of sp³-hybridized carbons (Fsp3) is 0.500. The fourth-order valence-corrected chi connectivity index (χ4v) is 3.16. The van der Waals surface area contributed by atoms with Gasteiger partial charge in [0.15, 0.2) is 0 Å². The van der Waals surface area contributed by atoms with Gasteiger partial charge in [-0.25, -0.2) is 0 Å². The molecule has 2 nitrogen and oxygen atoms in total. The molecular weight excluding hydrogens is 286 g/mol. The van der Waals surface area contributed by atoms with Gasteiger partial charge in [-0.1, -0.05) is 34.1 Å². The van der Waals surface area contributed by atoms with Gasteiger partial charge >= 0.3 is 0 Å². The van der Waals surface area contributed by atoms with Crippen molar-refractivity contribution in [2.24, 2.45) is 0 Å². The van der Waals surface area contributed by atoms with Crippen LogP contribution >= 0.6 is 27.9 Å². The molecule has 4 heteroatoms. The van der Waals surface area contributed by atoms with Crippen molar-refractivity contribution < 1.29 is 4.84 Å². The highest BCUT2D eigenvalue weighted by Gasteiger charge is 2.28. The lowest BCUT2D eigenvalue weighted by Gasteiger charge is -2.18. The number of hydroxylamine groups is 1. The smallest absolute Gasteiger partial charge is 0.0704 e. The van der Waals surface area contributed by atoms with E-state index in [-0.39, 0.29) is 0 Å². The Bertz CT molecular complexity index is 348. The number of rotatable bonds is 5. The number of hydrogen-bond donors (Lipinski definition) is 0. The Morgan fingerprint density at radius 3 is 2.94 bits per heavy atom. The molecule has 0 amide bonds. The van der Waals surface area contributed by atoms with Crippen LogP contribution in [0, 0.1) is 0 Å². The lowest BCUT2D eigenvalue weighted by atomic mass is 10.1. The summed E-state index contributed by atoms with van der Waals surface area (Å²) in [6.07, 6.45) is 2.27. The van der Waals surface area contributed by atoms with E-state index in [9.17, 15) is 0 Å².